The van der Waals surface area contributed by atoms with Crippen LogP contribution in [-0.2, 0) is 23.4 Å². The van der Waals surface area contributed by atoms with Crippen molar-refractivity contribution < 1.29 is 4.79 Å². The first-order valence-electron chi connectivity index (χ1n) is 8.09. The number of hydrogen-bond donors (Lipinski definition) is 1. The lowest BCUT2D eigenvalue weighted by molar-refractivity contribution is -0.121. The van der Waals surface area contributed by atoms with Gasteiger partial charge >= 0.3 is 0 Å². The first-order valence-corrected chi connectivity index (χ1v) is 8.97. The topological polar surface area (TPSA) is 81.8 Å². The van der Waals surface area contributed by atoms with Crippen LogP contribution in [0.3, 0.4) is 0 Å². The van der Waals surface area contributed by atoms with Gasteiger partial charge < -0.3 is 5.32 Å². The van der Waals surface area contributed by atoms with Gasteiger partial charge in [0.1, 0.15) is 5.39 Å². The van der Waals surface area contributed by atoms with Gasteiger partial charge in [0.25, 0.3) is 5.56 Å². The summed E-state index contributed by atoms with van der Waals surface area (Å²) in [6.07, 6.45) is 3.26. The fraction of sp³-hybridized carbons (Fsp3) is 0.412. The first kappa shape index (κ1) is 17.3. The molecule has 3 aromatic heterocycles. The largest absolute Gasteiger partial charge is 0.351 e. The number of hydrogen-bond acceptors (Lipinski definition) is 5. The second-order valence-corrected chi connectivity index (χ2v) is 7.85. The van der Waals surface area contributed by atoms with Crippen molar-refractivity contribution >= 4 is 28.3 Å². The van der Waals surface area contributed by atoms with Gasteiger partial charge in [-0.05, 0) is 32.2 Å². The Bertz CT molecular complexity index is 934. The van der Waals surface area contributed by atoms with Crippen molar-refractivity contribution in [1.82, 2.24) is 24.6 Å². The summed E-state index contributed by atoms with van der Waals surface area (Å²) >= 11 is 1.60. The number of fused-ring (bicyclic) bond motifs is 1. The highest BCUT2D eigenvalue weighted by molar-refractivity contribution is 7.09. The average molecular weight is 359 g/mol. The standard InChI is InChI=1S/C17H21N5O2S/c1-17(2,3)22-15-13(10-20-22)16(24)21(11-19-15)7-6-14(23)18-9-12-5-4-8-25-12/h4-5,8,10-11H,6-7,9H2,1-3H3,(H,18,23). The summed E-state index contributed by atoms with van der Waals surface area (Å²) in [5, 5.41) is 9.58. The quantitative estimate of drug-likeness (QED) is 0.756. The van der Waals surface area contributed by atoms with Gasteiger partial charge in [-0.25, -0.2) is 9.67 Å². The molecule has 0 aromatic carbocycles. The zero-order chi connectivity index (χ0) is 18.0. The molecule has 132 valence electrons. The maximum Gasteiger partial charge on any atom is 0.264 e. The van der Waals surface area contributed by atoms with Gasteiger partial charge in [0.05, 0.1) is 24.6 Å². The van der Waals surface area contributed by atoms with Crippen molar-refractivity contribution in [2.75, 3.05) is 0 Å². The Balaban J connectivity index is 1.69. The number of carbonyl (C=O) groups is 1. The molecule has 8 heteroatoms. The zero-order valence-corrected chi connectivity index (χ0v) is 15.3. The van der Waals surface area contributed by atoms with Gasteiger partial charge in [0, 0.05) is 17.8 Å². The predicted molar refractivity (Wildman–Crippen MR) is 97.6 cm³/mol. The number of carbonyl (C=O) groups excluding carboxylic acids is 1. The van der Waals surface area contributed by atoms with E-state index in [1.54, 1.807) is 22.2 Å². The van der Waals surface area contributed by atoms with Crippen LogP contribution in [0.5, 0.6) is 0 Å². The molecule has 0 atom stereocenters. The monoisotopic (exact) mass is 359 g/mol. The summed E-state index contributed by atoms with van der Waals surface area (Å²) < 4.78 is 3.20. The van der Waals surface area contributed by atoms with Crippen LogP contribution in [0, 0.1) is 0 Å². The van der Waals surface area contributed by atoms with Gasteiger partial charge in [-0.15, -0.1) is 11.3 Å². The summed E-state index contributed by atoms with van der Waals surface area (Å²) in [6, 6.07) is 3.92. The summed E-state index contributed by atoms with van der Waals surface area (Å²) in [5.74, 6) is -0.0919. The minimum atomic E-state index is -0.255. The molecule has 0 aliphatic rings. The van der Waals surface area contributed by atoms with E-state index in [0.717, 1.165) is 4.88 Å². The normalized spacial score (nSPS) is 11.8. The Morgan fingerprint density at radius 2 is 2.16 bits per heavy atom. The number of aromatic nitrogens is 4. The van der Waals surface area contributed by atoms with Crippen molar-refractivity contribution in [3.63, 3.8) is 0 Å². The maximum absolute atomic E-state index is 12.6. The fourth-order valence-electron chi connectivity index (χ4n) is 2.51. The molecule has 1 amide bonds. The van der Waals surface area contributed by atoms with E-state index in [1.165, 1.54) is 10.9 Å². The molecule has 3 heterocycles. The van der Waals surface area contributed by atoms with E-state index in [4.69, 9.17) is 0 Å². The van der Waals surface area contributed by atoms with Crippen LogP contribution in [0.2, 0.25) is 0 Å². The molecule has 0 saturated heterocycles. The lowest BCUT2D eigenvalue weighted by Gasteiger charge is -2.19. The lowest BCUT2D eigenvalue weighted by Crippen LogP contribution is -2.28. The zero-order valence-electron chi connectivity index (χ0n) is 14.5. The molecular weight excluding hydrogens is 338 g/mol. The third-order valence-electron chi connectivity index (χ3n) is 3.81. The van der Waals surface area contributed by atoms with Crippen LogP contribution < -0.4 is 10.9 Å². The highest BCUT2D eigenvalue weighted by atomic mass is 32.1. The summed E-state index contributed by atoms with van der Waals surface area (Å²) in [4.78, 5) is 30.0. The number of nitrogens with zero attached hydrogens (tertiary/aromatic N) is 4. The van der Waals surface area contributed by atoms with E-state index < -0.39 is 0 Å². The third-order valence-corrected chi connectivity index (χ3v) is 4.69. The van der Waals surface area contributed by atoms with E-state index in [-0.39, 0.29) is 23.4 Å². The average Bonchev–Trinajstić information content (AvgIpc) is 3.21. The van der Waals surface area contributed by atoms with Crippen molar-refractivity contribution in [3.05, 3.63) is 45.3 Å². The molecule has 0 fully saturated rings. The van der Waals surface area contributed by atoms with Crippen molar-refractivity contribution in [3.8, 4) is 0 Å². The molecule has 3 rings (SSSR count). The molecule has 25 heavy (non-hydrogen) atoms. The molecule has 7 nitrogen and oxygen atoms in total. The molecule has 3 aromatic rings. The van der Waals surface area contributed by atoms with Crippen molar-refractivity contribution in [2.24, 2.45) is 0 Å². The first-order chi connectivity index (χ1) is 11.9. The van der Waals surface area contributed by atoms with Gasteiger partial charge in [0.2, 0.25) is 5.91 Å². The Kier molecular flexibility index (Phi) is 4.71. The van der Waals surface area contributed by atoms with E-state index >= 15 is 0 Å². The Morgan fingerprint density at radius 3 is 2.84 bits per heavy atom. The third kappa shape index (κ3) is 3.79. The van der Waals surface area contributed by atoms with Crippen molar-refractivity contribution in [2.45, 2.75) is 45.8 Å². The predicted octanol–water partition coefficient (Wildman–Crippen LogP) is 2.12. The molecular formula is C17H21N5O2S. The van der Waals surface area contributed by atoms with E-state index in [1.807, 2.05) is 38.3 Å². The Labute approximate surface area is 149 Å². The highest BCUT2D eigenvalue weighted by Gasteiger charge is 2.19. The van der Waals surface area contributed by atoms with Crippen molar-refractivity contribution in [1.29, 1.82) is 0 Å². The summed E-state index contributed by atoms with van der Waals surface area (Å²) in [6.45, 7) is 6.82. The van der Waals surface area contributed by atoms with Crippen LogP contribution >= 0.6 is 11.3 Å². The second kappa shape index (κ2) is 6.79. The van der Waals surface area contributed by atoms with Crippen LogP contribution in [0.1, 0.15) is 32.1 Å². The Morgan fingerprint density at radius 1 is 1.36 bits per heavy atom. The number of aryl methyl sites for hydroxylation is 1. The molecule has 0 bridgehead atoms. The van der Waals surface area contributed by atoms with Crippen LogP contribution in [-0.4, -0.2) is 25.2 Å². The molecule has 0 spiro atoms. The molecule has 0 saturated carbocycles. The minimum absolute atomic E-state index is 0.0919. The van der Waals surface area contributed by atoms with Gasteiger partial charge in [-0.3, -0.25) is 14.2 Å². The fourth-order valence-corrected chi connectivity index (χ4v) is 3.15. The van der Waals surface area contributed by atoms with Crippen LogP contribution in [0.4, 0.5) is 0 Å². The number of rotatable bonds is 5. The number of nitrogens with one attached hydrogen (secondary N) is 1. The summed E-state index contributed by atoms with van der Waals surface area (Å²) in [7, 11) is 0. The molecule has 0 unspecified atom stereocenters. The number of amides is 1. The smallest absolute Gasteiger partial charge is 0.264 e. The molecule has 0 aliphatic carbocycles. The van der Waals surface area contributed by atoms with Gasteiger partial charge in [-0.1, -0.05) is 6.07 Å². The van der Waals surface area contributed by atoms with Gasteiger partial charge in [-0.2, -0.15) is 5.10 Å². The SMILES string of the molecule is CC(C)(C)n1ncc2c(=O)n(CCC(=O)NCc3cccs3)cnc21. The van der Waals surface area contributed by atoms with E-state index in [2.05, 4.69) is 15.4 Å². The lowest BCUT2D eigenvalue weighted by atomic mass is 10.1. The highest BCUT2D eigenvalue weighted by Crippen LogP contribution is 2.17. The minimum Gasteiger partial charge on any atom is -0.351 e. The molecule has 1 N–H and O–H groups in total. The van der Waals surface area contributed by atoms with E-state index in [0.29, 0.717) is 24.1 Å². The molecule has 0 aliphatic heterocycles. The van der Waals surface area contributed by atoms with E-state index in [9.17, 15) is 9.59 Å². The Hall–Kier alpha value is -2.48. The number of thiophene rings is 1. The summed E-state index contributed by atoms with van der Waals surface area (Å²) in [5.41, 5.74) is 0.136. The molecule has 0 radical (unpaired) electrons. The van der Waals surface area contributed by atoms with Crippen LogP contribution in [0.15, 0.2) is 34.8 Å². The van der Waals surface area contributed by atoms with Gasteiger partial charge in [0.15, 0.2) is 5.65 Å². The maximum atomic E-state index is 12.6. The van der Waals surface area contributed by atoms with Crippen LogP contribution in [0.25, 0.3) is 11.0 Å². The second-order valence-electron chi connectivity index (χ2n) is 6.81.